The topological polar surface area (TPSA) is 70.5 Å². The van der Waals surface area contributed by atoms with Crippen LogP contribution in [0.5, 0.6) is 0 Å². The molecule has 0 radical (unpaired) electrons. The molecule has 0 aliphatic carbocycles. The highest BCUT2D eigenvalue weighted by Crippen LogP contribution is 2.20. The largest absolute Gasteiger partial charge is 0.333 e. The van der Waals surface area contributed by atoms with Crippen LogP contribution in [-0.4, -0.2) is 63.6 Å². The van der Waals surface area contributed by atoms with Crippen molar-refractivity contribution in [2.75, 3.05) is 31.5 Å². The molecule has 1 N–H and O–H groups in total. The van der Waals surface area contributed by atoms with Crippen LogP contribution in [0.4, 0.5) is 5.82 Å². The number of anilines is 1. The molecule has 2 aliphatic heterocycles. The maximum atomic E-state index is 12.3. The molecule has 2 amide bonds. The van der Waals surface area contributed by atoms with Crippen molar-refractivity contribution in [3.63, 3.8) is 0 Å². The van der Waals surface area contributed by atoms with Crippen molar-refractivity contribution in [1.29, 1.82) is 0 Å². The summed E-state index contributed by atoms with van der Waals surface area (Å²) in [5, 5.41) is 6.63. The smallest absolute Gasteiger partial charge is 0.315 e. The first-order chi connectivity index (χ1) is 10.6. The number of rotatable bonds is 2. The van der Waals surface area contributed by atoms with Crippen LogP contribution in [0.1, 0.15) is 25.7 Å². The van der Waals surface area contributed by atoms with Gasteiger partial charge in [-0.05, 0) is 38.8 Å². The average Bonchev–Trinajstić information content (AvgIpc) is 3.18. The van der Waals surface area contributed by atoms with Crippen LogP contribution in [0.15, 0.2) is 12.3 Å². The lowest BCUT2D eigenvalue weighted by molar-refractivity contribution is -0.144. The fraction of sp³-hybridized carbons (Fsp3) is 0.667. The molecule has 2 aliphatic rings. The van der Waals surface area contributed by atoms with E-state index in [1.807, 2.05) is 0 Å². The monoisotopic (exact) mass is 305 g/mol. The third-order valence-corrected chi connectivity index (χ3v) is 4.49. The summed E-state index contributed by atoms with van der Waals surface area (Å²) in [7, 11) is 1.77. The zero-order valence-electron chi connectivity index (χ0n) is 13.0. The molecular weight excluding hydrogens is 282 g/mol. The number of nitrogens with one attached hydrogen (secondary N) is 1. The molecule has 2 saturated heterocycles. The molecule has 3 rings (SSSR count). The summed E-state index contributed by atoms with van der Waals surface area (Å²) in [5.41, 5.74) is 0. The lowest BCUT2D eigenvalue weighted by Crippen LogP contribution is -2.51. The van der Waals surface area contributed by atoms with Crippen molar-refractivity contribution in [3.05, 3.63) is 12.3 Å². The van der Waals surface area contributed by atoms with Gasteiger partial charge in [0.05, 0.1) is 0 Å². The summed E-state index contributed by atoms with van der Waals surface area (Å²) >= 11 is 0. The van der Waals surface area contributed by atoms with E-state index in [1.54, 1.807) is 28.9 Å². The number of hydrogen-bond acceptors (Lipinski definition) is 4. The van der Waals surface area contributed by atoms with E-state index >= 15 is 0 Å². The Labute approximate surface area is 130 Å². The van der Waals surface area contributed by atoms with Crippen molar-refractivity contribution >= 4 is 17.6 Å². The second-order valence-corrected chi connectivity index (χ2v) is 6.12. The predicted molar refractivity (Wildman–Crippen MR) is 82.2 cm³/mol. The SMILES string of the molecule is Cn1ccc(NC(=O)C(=O)N2CCCC(N3CCCC3)C2)n1. The Morgan fingerprint density at radius 3 is 2.68 bits per heavy atom. The van der Waals surface area contributed by atoms with E-state index in [0.717, 1.165) is 25.9 Å². The van der Waals surface area contributed by atoms with Gasteiger partial charge >= 0.3 is 11.8 Å². The van der Waals surface area contributed by atoms with Gasteiger partial charge in [-0.1, -0.05) is 0 Å². The van der Waals surface area contributed by atoms with Crippen LogP contribution < -0.4 is 5.32 Å². The maximum absolute atomic E-state index is 12.3. The van der Waals surface area contributed by atoms with Crippen molar-refractivity contribution < 1.29 is 9.59 Å². The maximum Gasteiger partial charge on any atom is 0.315 e. The van der Waals surface area contributed by atoms with Crippen LogP contribution >= 0.6 is 0 Å². The summed E-state index contributed by atoms with van der Waals surface area (Å²) in [4.78, 5) is 28.6. The molecule has 7 heteroatoms. The highest BCUT2D eigenvalue weighted by atomic mass is 16.2. The molecule has 7 nitrogen and oxygen atoms in total. The number of amides is 2. The van der Waals surface area contributed by atoms with Gasteiger partial charge in [-0.15, -0.1) is 0 Å². The molecular formula is C15H23N5O2. The second kappa shape index (κ2) is 6.48. The predicted octanol–water partition coefficient (Wildman–Crippen LogP) is 0.445. The molecule has 1 aromatic heterocycles. The number of piperidine rings is 1. The third kappa shape index (κ3) is 3.30. The number of carbonyl (C=O) groups excluding carboxylic acids is 2. The van der Waals surface area contributed by atoms with E-state index in [9.17, 15) is 9.59 Å². The Morgan fingerprint density at radius 1 is 1.23 bits per heavy atom. The number of carbonyl (C=O) groups is 2. The van der Waals surface area contributed by atoms with Gasteiger partial charge in [0.1, 0.15) is 0 Å². The summed E-state index contributed by atoms with van der Waals surface area (Å²) in [6.07, 6.45) is 6.29. The molecule has 3 heterocycles. The molecule has 2 fully saturated rings. The van der Waals surface area contributed by atoms with E-state index in [4.69, 9.17) is 0 Å². The molecule has 0 spiro atoms. The zero-order chi connectivity index (χ0) is 15.5. The van der Waals surface area contributed by atoms with E-state index in [1.165, 1.54) is 12.8 Å². The Morgan fingerprint density at radius 2 is 2.00 bits per heavy atom. The van der Waals surface area contributed by atoms with Crippen LogP contribution in [0.25, 0.3) is 0 Å². The van der Waals surface area contributed by atoms with Gasteiger partial charge in [0, 0.05) is 38.4 Å². The first-order valence-corrected chi connectivity index (χ1v) is 7.97. The van der Waals surface area contributed by atoms with Crippen molar-refractivity contribution in [1.82, 2.24) is 19.6 Å². The first-order valence-electron chi connectivity index (χ1n) is 7.97. The van der Waals surface area contributed by atoms with Gasteiger partial charge in [0.15, 0.2) is 5.82 Å². The Kier molecular flexibility index (Phi) is 4.42. The summed E-state index contributed by atoms with van der Waals surface area (Å²) < 4.78 is 1.59. The molecule has 0 aromatic carbocycles. The van der Waals surface area contributed by atoms with E-state index < -0.39 is 11.8 Å². The van der Waals surface area contributed by atoms with Crippen LogP contribution in [0.2, 0.25) is 0 Å². The lowest BCUT2D eigenvalue weighted by atomic mass is 10.0. The van der Waals surface area contributed by atoms with Crippen LogP contribution in [-0.2, 0) is 16.6 Å². The van der Waals surface area contributed by atoms with Crippen molar-refractivity contribution in [2.45, 2.75) is 31.7 Å². The minimum atomic E-state index is -0.597. The fourth-order valence-electron chi connectivity index (χ4n) is 3.34. The van der Waals surface area contributed by atoms with Crippen molar-refractivity contribution in [3.8, 4) is 0 Å². The Balaban J connectivity index is 1.57. The Bertz CT molecular complexity index is 550. The molecule has 1 unspecified atom stereocenters. The molecule has 1 atom stereocenters. The zero-order valence-corrected chi connectivity index (χ0v) is 13.0. The van der Waals surface area contributed by atoms with Crippen LogP contribution in [0, 0.1) is 0 Å². The summed E-state index contributed by atoms with van der Waals surface area (Å²) in [6.45, 7) is 3.56. The minimum absolute atomic E-state index is 0.405. The highest BCUT2D eigenvalue weighted by Gasteiger charge is 2.31. The minimum Gasteiger partial charge on any atom is -0.333 e. The van der Waals surface area contributed by atoms with Crippen molar-refractivity contribution in [2.24, 2.45) is 7.05 Å². The standard InChI is InChI=1S/C15H23N5O2/c1-18-10-6-13(17-18)16-14(21)15(22)20-9-4-5-12(11-20)19-7-2-3-8-19/h6,10,12H,2-5,7-9,11H2,1H3,(H,16,17,21). The van der Waals surface area contributed by atoms with E-state index in [0.29, 0.717) is 24.9 Å². The molecule has 120 valence electrons. The lowest BCUT2D eigenvalue weighted by Gasteiger charge is -2.37. The highest BCUT2D eigenvalue weighted by molar-refractivity contribution is 6.39. The van der Waals surface area contributed by atoms with Gasteiger partial charge in [-0.2, -0.15) is 5.10 Å². The van der Waals surface area contributed by atoms with Gasteiger partial charge in [-0.3, -0.25) is 19.2 Å². The quantitative estimate of drug-likeness (QED) is 0.805. The summed E-state index contributed by atoms with van der Waals surface area (Å²) in [5.74, 6) is -0.635. The third-order valence-electron chi connectivity index (χ3n) is 4.49. The summed E-state index contributed by atoms with van der Waals surface area (Å²) in [6, 6.07) is 2.08. The number of hydrogen-bond donors (Lipinski definition) is 1. The van der Waals surface area contributed by atoms with Gasteiger partial charge in [0.25, 0.3) is 0 Å². The molecule has 0 bridgehead atoms. The molecule has 1 aromatic rings. The second-order valence-electron chi connectivity index (χ2n) is 6.12. The molecule has 0 saturated carbocycles. The normalized spacial score (nSPS) is 22.8. The fourth-order valence-corrected chi connectivity index (χ4v) is 3.34. The van der Waals surface area contributed by atoms with Gasteiger partial charge in [0.2, 0.25) is 0 Å². The van der Waals surface area contributed by atoms with Gasteiger partial charge in [-0.25, -0.2) is 0 Å². The first kappa shape index (κ1) is 15.0. The van der Waals surface area contributed by atoms with Crippen LogP contribution in [0.3, 0.4) is 0 Å². The average molecular weight is 305 g/mol. The van der Waals surface area contributed by atoms with E-state index in [2.05, 4.69) is 15.3 Å². The number of aryl methyl sites for hydroxylation is 1. The number of nitrogens with zero attached hydrogens (tertiary/aromatic N) is 4. The van der Waals surface area contributed by atoms with Gasteiger partial charge < -0.3 is 10.2 Å². The Hall–Kier alpha value is -1.89. The number of likely N-dealkylation sites (tertiary alicyclic amines) is 2. The molecule has 22 heavy (non-hydrogen) atoms. The van der Waals surface area contributed by atoms with E-state index in [-0.39, 0.29) is 0 Å². The number of aromatic nitrogens is 2.